The molecule has 1 saturated heterocycles. The molecule has 4 aliphatic carbocycles. The third-order valence-corrected chi connectivity index (χ3v) is 13.2. The summed E-state index contributed by atoms with van der Waals surface area (Å²) in [5.41, 5.74) is -6.79. The predicted molar refractivity (Wildman–Crippen MR) is 210 cm³/mol. The Balaban J connectivity index is 1.37. The Morgan fingerprint density at radius 2 is 1.53 bits per heavy atom. The molecule has 1 aliphatic heterocycles. The molecule has 2 aromatic rings. The lowest BCUT2D eigenvalue weighted by Crippen LogP contribution is -2.78. The fraction of sp³-hybridized carbons (Fsp3) is 0.556. The Kier molecular flexibility index (Phi) is 10.8. The summed E-state index contributed by atoms with van der Waals surface area (Å²) in [7, 11) is 0. The molecule has 0 aromatic heterocycles. The third-order valence-electron chi connectivity index (χ3n) is 13.2. The van der Waals surface area contributed by atoms with Crippen molar-refractivity contribution in [3.8, 4) is 0 Å². The van der Waals surface area contributed by atoms with E-state index in [9.17, 15) is 34.2 Å². The molecule has 1 heterocycles. The SMILES string of the molecule is CC(=O)O[C@H]1C(=O)[C@]23C[C@H]2C[C@H]2OC[C@@]2(OC(C)=O)C3[C@H](OC(=O)c2ccccc2)[C@]2(O)C[C@H](OC(=O)[C@H](O)[C@@H](NC(=O)OC(C)(C)C)c3ccccc3)C(C)=C1C2(C)C. The van der Waals surface area contributed by atoms with Gasteiger partial charge in [-0.25, -0.2) is 14.4 Å². The molecule has 322 valence electrons. The van der Waals surface area contributed by atoms with Crippen LogP contribution >= 0.6 is 0 Å². The Hall–Kier alpha value is -5.12. The molecule has 1 spiro atoms. The van der Waals surface area contributed by atoms with E-state index in [1.807, 2.05) is 0 Å². The van der Waals surface area contributed by atoms with Crippen LogP contribution in [0.2, 0.25) is 0 Å². The average molecular weight is 832 g/mol. The smallest absolute Gasteiger partial charge is 0.408 e. The number of carbonyl (C=O) groups excluding carboxylic acids is 6. The monoisotopic (exact) mass is 831 g/mol. The normalized spacial score (nSPS) is 33.3. The summed E-state index contributed by atoms with van der Waals surface area (Å²) in [6.07, 6.45) is -8.18. The van der Waals surface area contributed by atoms with Crippen molar-refractivity contribution in [2.24, 2.45) is 22.7 Å². The van der Waals surface area contributed by atoms with E-state index in [0.29, 0.717) is 12.0 Å². The maximum absolute atomic E-state index is 15.4. The van der Waals surface area contributed by atoms with Gasteiger partial charge in [0.1, 0.15) is 29.5 Å². The van der Waals surface area contributed by atoms with E-state index in [2.05, 4.69) is 5.32 Å². The zero-order valence-corrected chi connectivity index (χ0v) is 35.0. The molecule has 2 aromatic carbocycles. The van der Waals surface area contributed by atoms with Crippen molar-refractivity contribution in [2.75, 3.05) is 6.61 Å². The first kappa shape index (κ1) is 43.0. The second-order valence-corrected chi connectivity index (χ2v) is 18.3. The number of aliphatic hydroxyl groups excluding tert-OH is 1. The summed E-state index contributed by atoms with van der Waals surface area (Å²) in [5.74, 6) is -5.65. The highest BCUT2D eigenvalue weighted by atomic mass is 16.6. The van der Waals surface area contributed by atoms with Gasteiger partial charge in [0.2, 0.25) is 0 Å². The number of amides is 1. The van der Waals surface area contributed by atoms with E-state index < -0.39 is 112 Å². The first-order chi connectivity index (χ1) is 28.1. The fourth-order valence-electron chi connectivity index (χ4n) is 10.4. The van der Waals surface area contributed by atoms with Crippen molar-refractivity contribution in [2.45, 2.75) is 128 Å². The largest absolute Gasteiger partial charge is 0.456 e. The maximum atomic E-state index is 15.4. The zero-order chi connectivity index (χ0) is 43.7. The minimum absolute atomic E-state index is 0.128. The maximum Gasteiger partial charge on any atom is 0.408 e. The summed E-state index contributed by atoms with van der Waals surface area (Å²) in [6.45, 7) is 12.0. The van der Waals surface area contributed by atoms with Crippen LogP contribution in [0, 0.1) is 22.7 Å². The number of alkyl carbamates (subject to hydrolysis) is 1. The number of carbonyl (C=O) groups is 6. The van der Waals surface area contributed by atoms with Gasteiger partial charge in [-0.15, -0.1) is 0 Å². The predicted octanol–water partition coefficient (Wildman–Crippen LogP) is 4.47. The van der Waals surface area contributed by atoms with Gasteiger partial charge >= 0.3 is 30.0 Å². The van der Waals surface area contributed by atoms with Gasteiger partial charge in [0, 0.05) is 31.1 Å². The summed E-state index contributed by atoms with van der Waals surface area (Å²) < 4.78 is 36.0. The molecule has 15 nitrogen and oxygen atoms in total. The van der Waals surface area contributed by atoms with E-state index in [1.165, 1.54) is 19.1 Å². The number of ether oxygens (including phenoxy) is 6. The van der Waals surface area contributed by atoms with Gasteiger partial charge in [0.25, 0.3) is 0 Å². The topological polar surface area (TPSA) is 210 Å². The highest BCUT2D eigenvalue weighted by Crippen LogP contribution is 2.74. The number of rotatable bonds is 9. The molecule has 15 heteroatoms. The molecular weight excluding hydrogens is 778 g/mol. The number of esters is 4. The van der Waals surface area contributed by atoms with Crippen LogP contribution in [0.4, 0.5) is 4.79 Å². The molecule has 11 atom stereocenters. The number of Topliss-reactive ketones (excluding diaryl/α,β-unsaturated/α-hetero) is 1. The standard InChI is InChI=1S/C45H53NO14/c1-23-29(57-39(52)33(49)32(26-15-11-9-12-16-26)46-40(53)60-41(4,5)6)21-45(54)37(58-38(51)27-17-13-10-14-18-27)35-43(36(50)34(56-24(2)47)31(23)42(45,7)8)20-28(43)19-30-44(35,22-55-30)59-25(3)48/h9-18,28-30,32-35,37,49,54H,19-22H2,1-8H3,(H,46,53)/t28-,29+,30-,32+,33-,34-,35?,37+,43-,44+,45-/m1/s1. The molecule has 5 aliphatic rings. The number of aliphatic hydroxyl groups is 2. The first-order valence-electron chi connectivity index (χ1n) is 20.2. The molecule has 60 heavy (non-hydrogen) atoms. The van der Waals surface area contributed by atoms with Gasteiger partial charge in [-0.2, -0.15) is 0 Å². The second-order valence-electron chi connectivity index (χ2n) is 18.3. The number of hydrogen-bond donors (Lipinski definition) is 3. The Labute approximate surface area is 348 Å². The Morgan fingerprint density at radius 3 is 2.10 bits per heavy atom. The molecular formula is C45H53NO14. The number of benzene rings is 2. The summed E-state index contributed by atoms with van der Waals surface area (Å²) >= 11 is 0. The summed E-state index contributed by atoms with van der Waals surface area (Å²) in [4.78, 5) is 82.8. The van der Waals surface area contributed by atoms with E-state index in [-0.39, 0.29) is 35.7 Å². The lowest BCUT2D eigenvalue weighted by Gasteiger charge is -2.64. The van der Waals surface area contributed by atoms with Gasteiger partial charge in [-0.3, -0.25) is 14.4 Å². The van der Waals surface area contributed by atoms with E-state index in [0.717, 1.165) is 6.92 Å². The Morgan fingerprint density at radius 1 is 0.900 bits per heavy atom. The molecule has 1 amide bonds. The Bertz CT molecular complexity index is 2110. The van der Waals surface area contributed by atoms with Crippen LogP contribution in [0.3, 0.4) is 0 Å². The second kappa shape index (κ2) is 15.1. The van der Waals surface area contributed by atoms with Crippen LogP contribution in [0.5, 0.6) is 0 Å². The highest BCUT2D eigenvalue weighted by Gasteiger charge is 2.84. The van der Waals surface area contributed by atoms with Crippen LogP contribution in [-0.4, -0.2) is 99.9 Å². The number of ketones is 1. The van der Waals surface area contributed by atoms with Crippen molar-refractivity contribution >= 4 is 35.8 Å². The van der Waals surface area contributed by atoms with Crippen molar-refractivity contribution in [1.82, 2.24) is 5.32 Å². The minimum Gasteiger partial charge on any atom is -0.456 e. The quantitative estimate of drug-likeness (QED) is 0.181. The van der Waals surface area contributed by atoms with Gasteiger partial charge in [-0.1, -0.05) is 62.4 Å². The van der Waals surface area contributed by atoms with Crippen LogP contribution in [0.15, 0.2) is 71.8 Å². The minimum atomic E-state index is -2.25. The van der Waals surface area contributed by atoms with Gasteiger partial charge in [0.05, 0.1) is 24.1 Å². The van der Waals surface area contributed by atoms with Crippen LogP contribution in [0.1, 0.15) is 96.6 Å². The summed E-state index contributed by atoms with van der Waals surface area (Å²) in [5, 5.41) is 27.9. The van der Waals surface area contributed by atoms with Crippen molar-refractivity contribution in [1.29, 1.82) is 0 Å². The molecule has 2 bridgehead atoms. The molecule has 3 saturated carbocycles. The van der Waals surface area contributed by atoms with E-state index in [1.54, 1.807) is 90.1 Å². The number of fused-ring (bicyclic) bond motifs is 4. The molecule has 0 radical (unpaired) electrons. The van der Waals surface area contributed by atoms with Crippen molar-refractivity contribution < 1.29 is 67.4 Å². The lowest BCUT2D eigenvalue weighted by atomic mass is 9.48. The number of nitrogens with one attached hydrogen (secondary N) is 1. The molecule has 1 unspecified atom stereocenters. The van der Waals surface area contributed by atoms with Crippen LogP contribution in [-0.2, 0) is 47.6 Å². The van der Waals surface area contributed by atoms with Crippen molar-refractivity contribution in [3.05, 3.63) is 82.9 Å². The average Bonchev–Trinajstić information content (AvgIpc) is 3.90. The van der Waals surface area contributed by atoms with Crippen LogP contribution < -0.4 is 5.32 Å². The number of hydrogen-bond acceptors (Lipinski definition) is 14. The van der Waals surface area contributed by atoms with Gasteiger partial charge in [0.15, 0.2) is 23.6 Å². The lowest BCUT2D eigenvalue weighted by molar-refractivity contribution is -0.323. The molecule has 3 N–H and O–H groups in total. The third kappa shape index (κ3) is 7.07. The van der Waals surface area contributed by atoms with Gasteiger partial charge in [-0.05, 0) is 75.3 Å². The first-order valence-corrected chi connectivity index (χ1v) is 20.2. The summed E-state index contributed by atoms with van der Waals surface area (Å²) in [6, 6.07) is 14.9. The zero-order valence-electron chi connectivity index (χ0n) is 35.0. The molecule has 4 fully saturated rings. The van der Waals surface area contributed by atoms with E-state index >= 15 is 4.79 Å². The van der Waals surface area contributed by atoms with Crippen LogP contribution in [0.25, 0.3) is 0 Å². The highest BCUT2D eigenvalue weighted by molar-refractivity contribution is 5.97. The van der Waals surface area contributed by atoms with E-state index in [4.69, 9.17) is 28.4 Å². The fourth-order valence-corrected chi connectivity index (χ4v) is 10.4. The van der Waals surface area contributed by atoms with Crippen molar-refractivity contribution in [3.63, 3.8) is 0 Å². The van der Waals surface area contributed by atoms with Gasteiger partial charge < -0.3 is 44.0 Å². The molecule has 7 rings (SSSR count).